The normalized spacial score (nSPS) is 16.8. The topological polar surface area (TPSA) is 0 Å². The quantitative estimate of drug-likeness (QED) is 0.493. The fourth-order valence-electron chi connectivity index (χ4n) is 1.43. The lowest BCUT2D eigenvalue weighted by molar-refractivity contribution is 0.448. The van der Waals surface area contributed by atoms with E-state index in [4.69, 9.17) is 0 Å². The molecule has 0 amide bonds. The van der Waals surface area contributed by atoms with Gasteiger partial charge in [-0.25, -0.2) is 0 Å². The van der Waals surface area contributed by atoms with E-state index in [9.17, 15) is 0 Å². The molecular formula is C10H23BrP+. The monoisotopic (exact) mass is 253 g/mol. The molecule has 12 heavy (non-hydrogen) atoms. The Bertz CT molecular complexity index is 102. The standard InChI is InChI=1S/C10H22BrP/c1-8(2)5-4-6-9(3)7-10(11)12/h8-10H,4-7,12H2,1-3H3/p+1. The molecular weight excluding hydrogens is 231 g/mol. The summed E-state index contributed by atoms with van der Waals surface area (Å²) in [6.45, 7) is 6.97. The summed E-state index contributed by atoms with van der Waals surface area (Å²) in [6, 6.07) is 0. The van der Waals surface area contributed by atoms with Gasteiger partial charge in [0.25, 0.3) is 0 Å². The van der Waals surface area contributed by atoms with Crippen molar-refractivity contribution < 1.29 is 0 Å². The van der Waals surface area contributed by atoms with Crippen LogP contribution >= 0.6 is 25.2 Å². The molecule has 74 valence electrons. The highest BCUT2D eigenvalue weighted by Crippen LogP contribution is 2.23. The van der Waals surface area contributed by atoms with Crippen molar-refractivity contribution in [3.63, 3.8) is 0 Å². The minimum absolute atomic E-state index is 0.714. The maximum absolute atomic E-state index is 3.61. The van der Waals surface area contributed by atoms with Crippen LogP contribution in [0.3, 0.4) is 0 Å². The molecule has 0 rings (SSSR count). The predicted octanol–water partition coefficient (Wildman–Crippen LogP) is 4.17. The van der Waals surface area contributed by atoms with E-state index in [0.717, 1.165) is 11.8 Å². The van der Waals surface area contributed by atoms with Crippen LogP contribution in [0.25, 0.3) is 0 Å². The van der Waals surface area contributed by atoms with Crippen molar-refractivity contribution in [2.24, 2.45) is 11.8 Å². The molecule has 0 aliphatic carbocycles. The molecule has 0 aromatic heterocycles. The molecule has 0 spiro atoms. The van der Waals surface area contributed by atoms with Gasteiger partial charge in [-0.2, -0.15) is 0 Å². The lowest BCUT2D eigenvalue weighted by Gasteiger charge is -2.11. The Balaban J connectivity index is 3.25. The Morgan fingerprint density at radius 1 is 1.17 bits per heavy atom. The van der Waals surface area contributed by atoms with Crippen molar-refractivity contribution in [3.05, 3.63) is 0 Å². The van der Waals surface area contributed by atoms with Gasteiger partial charge in [0.1, 0.15) is 4.57 Å². The predicted molar refractivity (Wildman–Crippen MR) is 66.3 cm³/mol. The van der Waals surface area contributed by atoms with Gasteiger partial charge < -0.3 is 0 Å². The van der Waals surface area contributed by atoms with E-state index in [1.54, 1.807) is 0 Å². The van der Waals surface area contributed by atoms with E-state index in [-0.39, 0.29) is 0 Å². The Hall–Kier alpha value is 0.910. The second-order valence-corrected chi connectivity index (χ2v) is 7.74. The summed E-state index contributed by atoms with van der Waals surface area (Å²) >= 11 is 3.61. The van der Waals surface area contributed by atoms with Gasteiger partial charge in [-0.05, 0) is 43.4 Å². The Morgan fingerprint density at radius 3 is 2.17 bits per heavy atom. The van der Waals surface area contributed by atoms with Crippen LogP contribution in [0.2, 0.25) is 0 Å². The molecule has 0 bridgehead atoms. The van der Waals surface area contributed by atoms with Crippen molar-refractivity contribution in [3.8, 4) is 0 Å². The molecule has 0 nitrogen and oxygen atoms in total. The van der Waals surface area contributed by atoms with Crippen LogP contribution in [-0.2, 0) is 0 Å². The molecule has 2 heteroatoms. The smallest absolute Gasteiger partial charge is 0.0628 e. The van der Waals surface area contributed by atoms with Gasteiger partial charge in [0.2, 0.25) is 0 Å². The number of alkyl halides is 1. The van der Waals surface area contributed by atoms with Crippen molar-refractivity contribution in [2.45, 2.75) is 51.0 Å². The number of hydrogen-bond acceptors (Lipinski definition) is 0. The van der Waals surface area contributed by atoms with Crippen LogP contribution in [0.5, 0.6) is 0 Å². The van der Waals surface area contributed by atoms with Crippen LogP contribution in [0, 0.1) is 11.8 Å². The summed E-state index contributed by atoms with van der Waals surface area (Å²) in [5.74, 6) is 1.77. The second-order valence-electron chi connectivity index (χ2n) is 4.26. The lowest BCUT2D eigenvalue weighted by atomic mass is 9.98. The highest BCUT2D eigenvalue weighted by molar-refractivity contribution is 9.10. The van der Waals surface area contributed by atoms with Crippen LogP contribution < -0.4 is 0 Å². The van der Waals surface area contributed by atoms with Crippen molar-refractivity contribution in [1.29, 1.82) is 0 Å². The molecule has 0 aromatic rings. The van der Waals surface area contributed by atoms with E-state index >= 15 is 0 Å². The van der Waals surface area contributed by atoms with Crippen molar-refractivity contribution >= 4 is 25.2 Å². The number of halogens is 1. The van der Waals surface area contributed by atoms with Crippen molar-refractivity contribution in [2.75, 3.05) is 0 Å². The van der Waals surface area contributed by atoms with Gasteiger partial charge in [0.05, 0.1) is 0 Å². The van der Waals surface area contributed by atoms with Crippen LogP contribution in [0.1, 0.15) is 46.5 Å². The zero-order valence-corrected chi connectivity index (χ0v) is 11.6. The first-order valence-corrected chi connectivity index (χ1v) is 6.72. The molecule has 0 aliphatic rings. The number of hydrogen-bond donors (Lipinski definition) is 0. The van der Waals surface area contributed by atoms with Gasteiger partial charge in [0.15, 0.2) is 0 Å². The summed E-state index contributed by atoms with van der Waals surface area (Å²) in [7, 11) is 2.05. The summed E-state index contributed by atoms with van der Waals surface area (Å²) in [5, 5.41) is 0. The molecule has 0 aromatic carbocycles. The molecule has 3 unspecified atom stereocenters. The second kappa shape index (κ2) is 7.33. The minimum Gasteiger partial charge on any atom is -0.0628 e. The highest BCUT2D eigenvalue weighted by Gasteiger charge is 2.08. The van der Waals surface area contributed by atoms with E-state index < -0.39 is 0 Å². The number of rotatable bonds is 6. The molecule has 3 atom stereocenters. The average Bonchev–Trinajstić information content (AvgIpc) is 1.84. The third kappa shape index (κ3) is 9.00. The summed E-state index contributed by atoms with van der Waals surface area (Å²) in [5.41, 5.74) is 0. The van der Waals surface area contributed by atoms with Gasteiger partial charge in [-0.3, -0.25) is 0 Å². The van der Waals surface area contributed by atoms with E-state index in [2.05, 4.69) is 36.7 Å². The fraction of sp³-hybridized carbons (Fsp3) is 1.00. The fourth-order valence-corrected chi connectivity index (χ4v) is 2.64. The van der Waals surface area contributed by atoms with Crippen LogP contribution in [0.15, 0.2) is 0 Å². The first kappa shape index (κ1) is 12.9. The van der Waals surface area contributed by atoms with E-state index in [1.807, 2.05) is 9.24 Å². The largest absolute Gasteiger partial charge is 0.117 e. The maximum atomic E-state index is 3.61. The van der Waals surface area contributed by atoms with Gasteiger partial charge in [-0.15, -0.1) is 0 Å². The first-order chi connectivity index (χ1) is 5.52. The molecule has 0 fully saturated rings. The first-order valence-electron chi connectivity index (χ1n) is 4.99. The van der Waals surface area contributed by atoms with E-state index in [1.165, 1.54) is 25.7 Å². The van der Waals surface area contributed by atoms with Gasteiger partial charge >= 0.3 is 0 Å². The zero-order chi connectivity index (χ0) is 9.56. The van der Waals surface area contributed by atoms with Crippen LogP contribution in [0.4, 0.5) is 0 Å². The third-order valence-corrected chi connectivity index (χ3v) is 2.84. The SMILES string of the molecule is CC(C)CCCC(C)CC([PH3+])Br. The summed E-state index contributed by atoms with van der Waals surface area (Å²) in [4.78, 5) is 0. The molecule has 0 radical (unpaired) electrons. The van der Waals surface area contributed by atoms with Crippen molar-refractivity contribution in [1.82, 2.24) is 0 Å². The zero-order valence-electron chi connectivity index (χ0n) is 8.65. The Kier molecular flexibility index (Phi) is 7.88. The van der Waals surface area contributed by atoms with Gasteiger partial charge in [0, 0.05) is 0 Å². The molecule has 0 saturated heterocycles. The summed E-state index contributed by atoms with van der Waals surface area (Å²) in [6.07, 6.45) is 5.53. The summed E-state index contributed by atoms with van der Waals surface area (Å²) < 4.78 is 0.714. The molecule has 0 aliphatic heterocycles. The van der Waals surface area contributed by atoms with Crippen LogP contribution in [-0.4, -0.2) is 4.57 Å². The molecule has 0 heterocycles. The highest BCUT2D eigenvalue weighted by atomic mass is 79.9. The van der Waals surface area contributed by atoms with Gasteiger partial charge in [-0.1, -0.05) is 40.0 Å². The van der Waals surface area contributed by atoms with E-state index in [0.29, 0.717) is 4.57 Å². The third-order valence-electron chi connectivity index (χ3n) is 2.14. The Labute approximate surface area is 88.2 Å². The molecule has 0 saturated carbocycles. The Morgan fingerprint density at radius 2 is 1.75 bits per heavy atom. The maximum Gasteiger partial charge on any atom is 0.117 e. The lowest BCUT2D eigenvalue weighted by Crippen LogP contribution is -2.00. The average molecular weight is 254 g/mol. The minimum atomic E-state index is 0.714. The molecule has 0 N–H and O–H groups in total.